The van der Waals surface area contributed by atoms with E-state index < -0.39 is 0 Å². The molecule has 1 N–H and O–H groups in total. The van der Waals surface area contributed by atoms with Gasteiger partial charge in [-0.25, -0.2) is 0 Å². The van der Waals surface area contributed by atoms with Crippen molar-refractivity contribution in [3.63, 3.8) is 0 Å². The molecule has 0 radical (unpaired) electrons. The maximum absolute atomic E-state index is 5.43. The van der Waals surface area contributed by atoms with E-state index in [2.05, 4.69) is 29.6 Å². The zero-order valence-corrected chi connectivity index (χ0v) is 13.2. The van der Waals surface area contributed by atoms with Crippen molar-refractivity contribution in [1.29, 1.82) is 0 Å². The van der Waals surface area contributed by atoms with Crippen LogP contribution in [0.4, 0.5) is 0 Å². The van der Waals surface area contributed by atoms with E-state index >= 15 is 0 Å². The summed E-state index contributed by atoms with van der Waals surface area (Å²) in [5.74, 6) is 2.72. The molecule has 0 saturated carbocycles. The molecule has 1 heterocycles. The van der Waals surface area contributed by atoms with E-state index in [0.717, 1.165) is 30.3 Å². The van der Waals surface area contributed by atoms with Gasteiger partial charge >= 0.3 is 0 Å². The largest absolute Gasteiger partial charge is 0.497 e. The Kier molecular flexibility index (Phi) is 4.20. The van der Waals surface area contributed by atoms with Gasteiger partial charge in [0.05, 0.1) is 21.3 Å². The zero-order valence-electron chi connectivity index (χ0n) is 13.2. The van der Waals surface area contributed by atoms with Crippen LogP contribution in [0.1, 0.15) is 22.6 Å². The molecule has 1 aliphatic heterocycles. The molecule has 1 unspecified atom stereocenters. The molecule has 0 fully saturated rings. The Morgan fingerprint density at radius 1 is 0.909 bits per heavy atom. The lowest BCUT2D eigenvalue weighted by Crippen LogP contribution is -2.28. The van der Waals surface area contributed by atoms with Gasteiger partial charge in [0.2, 0.25) is 0 Å². The molecule has 2 aromatic rings. The third-order valence-corrected chi connectivity index (χ3v) is 4.20. The predicted molar refractivity (Wildman–Crippen MR) is 86.1 cm³/mol. The summed E-state index contributed by atoms with van der Waals surface area (Å²) in [6.07, 6.45) is 0. The van der Waals surface area contributed by atoms with Crippen LogP contribution >= 0.6 is 0 Å². The minimum atomic E-state index is 0.300. The first kappa shape index (κ1) is 14.7. The number of nitrogens with one attached hydrogen (secondary N) is 1. The van der Waals surface area contributed by atoms with E-state index in [4.69, 9.17) is 14.2 Å². The van der Waals surface area contributed by atoms with Gasteiger partial charge in [0, 0.05) is 19.0 Å². The van der Waals surface area contributed by atoms with Gasteiger partial charge < -0.3 is 19.5 Å². The van der Waals surface area contributed by atoms with Gasteiger partial charge in [-0.15, -0.1) is 0 Å². The van der Waals surface area contributed by atoms with Crippen molar-refractivity contribution < 1.29 is 14.2 Å². The summed E-state index contributed by atoms with van der Waals surface area (Å²) in [6.45, 7) is 1.78. The van der Waals surface area contributed by atoms with E-state index in [1.54, 1.807) is 21.3 Å². The van der Waals surface area contributed by atoms with Crippen LogP contribution in [0, 0.1) is 0 Å². The predicted octanol–water partition coefficient (Wildman–Crippen LogP) is 2.95. The Bertz CT molecular complexity index is 669. The first-order chi connectivity index (χ1) is 10.8. The molecule has 0 aromatic heterocycles. The number of hydrogen-bond acceptors (Lipinski definition) is 4. The molecule has 4 nitrogen and oxygen atoms in total. The Morgan fingerprint density at radius 2 is 1.73 bits per heavy atom. The van der Waals surface area contributed by atoms with E-state index in [1.165, 1.54) is 16.7 Å². The molecule has 22 heavy (non-hydrogen) atoms. The van der Waals surface area contributed by atoms with E-state index in [1.807, 2.05) is 12.1 Å². The summed E-state index contributed by atoms with van der Waals surface area (Å²) >= 11 is 0. The lowest BCUT2D eigenvalue weighted by Gasteiger charge is -2.27. The summed E-state index contributed by atoms with van der Waals surface area (Å²) in [7, 11) is 5.02. The standard InChI is InChI=1S/C18H21NO3/c1-20-14-5-6-15-13(8-14)10-19-11-16(15)12-4-7-17(21-2)18(9-12)22-3/h4-9,16,19H,10-11H2,1-3H3. The highest BCUT2D eigenvalue weighted by molar-refractivity contribution is 5.49. The van der Waals surface area contributed by atoms with Crippen molar-refractivity contribution in [3.8, 4) is 17.2 Å². The number of rotatable bonds is 4. The van der Waals surface area contributed by atoms with Gasteiger partial charge in [0.15, 0.2) is 11.5 Å². The monoisotopic (exact) mass is 299 g/mol. The highest BCUT2D eigenvalue weighted by Crippen LogP contribution is 2.36. The molecule has 3 rings (SSSR count). The molecule has 1 aliphatic rings. The smallest absolute Gasteiger partial charge is 0.161 e. The lowest BCUT2D eigenvalue weighted by molar-refractivity contribution is 0.354. The highest BCUT2D eigenvalue weighted by atomic mass is 16.5. The molecule has 2 aromatic carbocycles. The van der Waals surface area contributed by atoms with Crippen molar-refractivity contribution in [2.75, 3.05) is 27.9 Å². The normalized spacial score (nSPS) is 16.8. The number of benzene rings is 2. The number of methoxy groups -OCH3 is 3. The lowest BCUT2D eigenvalue weighted by atomic mass is 9.85. The van der Waals surface area contributed by atoms with Crippen molar-refractivity contribution >= 4 is 0 Å². The summed E-state index contributed by atoms with van der Waals surface area (Å²) in [5.41, 5.74) is 3.84. The molecular formula is C18H21NO3. The van der Waals surface area contributed by atoms with Crippen LogP contribution in [0.25, 0.3) is 0 Å². The van der Waals surface area contributed by atoms with Gasteiger partial charge in [0.1, 0.15) is 5.75 Å². The molecule has 4 heteroatoms. The van der Waals surface area contributed by atoms with E-state index in [0.29, 0.717) is 5.92 Å². The van der Waals surface area contributed by atoms with Gasteiger partial charge in [-0.3, -0.25) is 0 Å². The molecule has 0 bridgehead atoms. The molecule has 0 spiro atoms. The highest BCUT2D eigenvalue weighted by Gasteiger charge is 2.23. The van der Waals surface area contributed by atoms with Crippen LogP contribution in [-0.2, 0) is 6.54 Å². The van der Waals surface area contributed by atoms with E-state index in [9.17, 15) is 0 Å². The number of fused-ring (bicyclic) bond motifs is 1. The van der Waals surface area contributed by atoms with E-state index in [-0.39, 0.29) is 0 Å². The Morgan fingerprint density at radius 3 is 2.45 bits per heavy atom. The van der Waals surface area contributed by atoms with Crippen LogP contribution in [0.3, 0.4) is 0 Å². The molecular weight excluding hydrogens is 278 g/mol. The third-order valence-electron chi connectivity index (χ3n) is 4.20. The fraction of sp³-hybridized carbons (Fsp3) is 0.333. The maximum Gasteiger partial charge on any atom is 0.161 e. The van der Waals surface area contributed by atoms with Crippen molar-refractivity contribution in [1.82, 2.24) is 5.32 Å². The van der Waals surface area contributed by atoms with Crippen LogP contribution in [0.2, 0.25) is 0 Å². The average Bonchev–Trinajstić information content (AvgIpc) is 2.60. The molecule has 0 amide bonds. The topological polar surface area (TPSA) is 39.7 Å². The van der Waals surface area contributed by atoms with Gasteiger partial charge in [-0.1, -0.05) is 12.1 Å². The van der Waals surface area contributed by atoms with Crippen LogP contribution < -0.4 is 19.5 Å². The first-order valence-corrected chi connectivity index (χ1v) is 7.36. The summed E-state index contributed by atoms with van der Waals surface area (Å²) in [6, 6.07) is 12.4. The van der Waals surface area contributed by atoms with Crippen LogP contribution in [-0.4, -0.2) is 27.9 Å². The average molecular weight is 299 g/mol. The molecule has 116 valence electrons. The molecule has 0 aliphatic carbocycles. The van der Waals surface area contributed by atoms with Crippen molar-refractivity contribution in [2.45, 2.75) is 12.5 Å². The zero-order chi connectivity index (χ0) is 15.5. The molecule has 1 atom stereocenters. The fourth-order valence-corrected chi connectivity index (χ4v) is 3.03. The third kappa shape index (κ3) is 2.62. The second-order valence-corrected chi connectivity index (χ2v) is 5.36. The Labute approximate surface area is 131 Å². The molecule has 0 saturated heterocycles. The van der Waals surface area contributed by atoms with Crippen LogP contribution in [0.15, 0.2) is 36.4 Å². The number of hydrogen-bond donors (Lipinski definition) is 1. The minimum Gasteiger partial charge on any atom is -0.497 e. The summed E-state index contributed by atoms with van der Waals surface area (Å²) in [4.78, 5) is 0. The SMILES string of the molecule is COc1ccc2c(c1)CNCC2c1ccc(OC)c(OC)c1. The van der Waals surface area contributed by atoms with Gasteiger partial charge in [-0.05, 0) is 41.0 Å². The fourth-order valence-electron chi connectivity index (χ4n) is 3.03. The second kappa shape index (κ2) is 6.28. The summed E-state index contributed by atoms with van der Waals surface area (Å²) < 4.78 is 16.1. The Hall–Kier alpha value is -2.20. The summed E-state index contributed by atoms with van der Waals surface area (Å²) in [5, 5.41) is 3.48. The Balaban J connectivity index is 2.00. The second-order valence-electron chi connectivity index (χ2n) is 5.36. The minimum absolute atomic E-state index is 0.300. The van der Waals surface area contributed by atoms with Gasteiger partial charge in [-0.2, -0.15) is 0 Å². The quantitative estimate of drug-likeness (QED) is 0.942. The van der Waals surface area contributed by atoms with Gasteiger partial charge in [0.25, 0.3) is 0 Å². The number of ether oxygens (including phenoxy) is 3. The first-order valence-electron chi connectivity index (χ1n) is 7.36. The van der Waals surface area contributed by atoms with Crippen LogP contribution in [0.5, 0.6) is 17.2 Å². The maximum atomic E-state index is 5.43. The van der Waals surface area contributed by atoms with Crippen molar-refractivity contribution in [3.05, 3.63) is 53.1 Å². The van der Waals surface area contributed by atoms with Crippen molar-refractivity contribution in [2.24, 2.45) is 0 Å².